The van der Waals surface area contributed by atoms with Gasteiger partial charge in [0.1, 0.15) is 0 Å². The molecule has 0 spiro atoms. The fraction of sp³-hybridized carbons (Fsp3) is 0.778. The second kappa shape index (κ2) is 5.97. The highest BCUT2D eigenvalue weighted by atomic mass is 35.5. The second-order valence-electron chi connectivity index (χ2n) is 3.02. The fourth-order valence-electron chi connectivity index (χ4n) is 0.850. The van der Waals surface area contributed by atoms with E-state index in [0.717, 1.165) is 5.84 Å². The lowest BCUT2D eigenvalue weighted by Crippen LogP contribution is -2.36. The predicted molar refractivity (Wildman–Crippen MR) is 60.1 cm³/mol. The zero-order chi connectivity index (χ0) is 10.4. The van der Waals surface area contributed by atoms with Crippen molar-refractivity contribution < 1.29 is 0 Å². The molecule has 0 aliphatic rings. The number of nitrogens with zero attached hydrogens (tertiary/aromatic N) is 3. The van der Waals surface area contributed by atoms with Crippen LogP contribution in [0, 0.1) is 0 Å². The first kappa shape index (κ1) is 12.4. The summed E-state index contributed by atoms with van der Waals surface area (Å²) in [4.78, 5) is 10.2. The molecule has 0 bridgehead atoms. The van der Waals surface area contributed by atoms with Gasteiger partial charge in [-0.3, -0.25) is 9.98 Å². The van der Waals surface area contributed by atoms with E-state index < -0.39 is 0 Å². The zero-order valence-electron chi connectivity index (χ0n) is 9.00. The molecule has 76 valence electrons. The van der Waals surface area contributed by atoms with E-state index >= 15 is 0 Å². The van der Waals surface area contributed by atoms with Crippen LogP contribution in [0.3, 0.4) is 0 Å². The van der Waals surface area contributed by atoms with E-state index in [-0.39, 0.29) is 0 Å². The first-order chi connectivity index (χ1) is 6.04. The van der Waals surface area contributed by atoms with E-state index in [0.29, 0.717) is 17.8 Å². The lowest BCUT2D eigenvalue weighted by atomic mass is 10.3. The third-order valence-corrected chi connectivity index (χ3v) is 2.09. The molecule has 4 heteroatoms. The quantitative estimate of drug-likeness (QED) is 0.510. The smallest absolute Gasteiger partial charge is 0.166 e. The van der Waals surface area contributed by atoms with E-state index in [9.17, 15) is 0 Å². The highest BCUT2D eigenvalue weighted by molar-refractivity contribution is 6.83. The van der Waals surface area contributed by atoms with E-state index in [1.165, 1.54) is 0 Å². The molecule has 0 saturated heterocycles. The van der Waals surface area contributed by atoms with Crippen LogP contribution in [0.2, 0.25) is 0 Å². The molecule has 0 aromatic carbocycles. The van der Waals surface area contributed by atoms with Crippen molar-refractivity contribution in [1.29, 1.82) is 0 Å². The highest BCUT2D eigenvalue weighted by Crippen LogP contribution is 2.01. The number of hydrogen-bond acceptors (Lipinski definition) is 2. The molecular formula is C9H18ClN3. The maximum atomic E-state index is 5.96. The van der Waals surface area contributed by atoms with Crippen LogP contribution in [0.5, 0.6) is 0 Å². The van der Waals surface area contributed by atoms with Crippen molar-refractivity contribution in [2.24, 2.45) is 9.98 Å². The summed E-state index contributed by atoms with van der Waals surface area (Å²) >= 11 is 5.96. The van der Waals surface area contributed by atoms with Crippen LogP contribution in [0.4, 0.5) is 0 Å². The molecule has 0 heterocycles. The van der Waals surface area contributed by atoms with E-state index in [2.05, 4.69) is 23.8 Å². The molecule has 0 amide bonds. The average molecular weight is 204 g/mol. The summed E-state index contributed by atoms with van der Waals surface area (Å²) in [6.07, 6.45) is 0. The predicted octanol–water partition coefficient (Wildman–Crippen LogP) is 2.01. The summed E-state index contributed by atoms with van der Waals surface area (Å²) in [6.45, 7) is 6.80. The Kier molecular flexibility index (Phi) is 5.71. The van der Waals surface area contributed by atoms with Gasteiger partial charge in [-0.1, -0.05) is 11.6 Å². The molecule has 0 aromatic rings. The number of amidine groups is 1. The van der Waals surface area contributed by atoms with Gasteiger partial charge in [-0.05, 0) is 20.8 Å². The fourth-order valence-corrected chi connectivity index (χ4v) is 1.19. The Morgan fingerprint density at radius 2 is 2.00 bits per heavy atom. The standard InChI is InChI=1S/C9H18ClN3/c1-6-12-8(10)9(11-4)13(5)7(2)3/h7H,6H2,1-5H3. The summed E-state index contributed by atoms with van der Waals surface area (Å²) < 4.78 is 0. The third kappa shape index (κ3) is 3.77. The van der Waals surface area contributed by atoms with Gasteiger partial charge in [0.2, 0.25) is 0 Å². The molecule has 13 heavy (non-hydrogen) atoms. The Bertz CT molecular complexity index is 209. The lowest BCUT2D eigenvalue weighted by Gasteiger charge is -2.24. The second-order valence-corrected chi connectivity index (χ2v) is 3.38. The van der Waals surface area contributed by atoms with Gasteiger partial charge in [0.15, 0.2) is 11.0 Å². The number of hydrogen-bond donors (Lipinski definition) is 0. The Morgan fingerprint density at radius 1 is 1.46 bits per heavy atom. The minimum atomic E-state index is 0.375. The first-order valence-electron chi connectivity index (χ1n) is 4.44. The van der Waals surface area contributed by atoms with Crippen LogP contribution in [-0.4, -0.2) is 42.6 Å². The van der Waals surface area contributed by atoms with Crippen molar-refractivity contribution in [1.82, 2.24) is 4.90 Å². The lowest BCUT2D eigenvalue weighted by molar-refractivity contribution is 0.422. The largest absolute Gasteiger partial charge is 0.355 e. The van der Waals surface area contributed by atoms with Gasteiger partial charge in [-0.15, -0.1) is 0 Å². The molecule has 0 radical (unpaired) electrons. The van der Waals surface area contributed by atoms with Crippen molar-refractivity contribution in [3.05, 3.63) is 0 Å². The molecule has 0 atom stereocenters. The van der Waals surface area contributed by atoms with Gasteiger partial charge in [0.25, 0.3) is 0 Å². The van der Waals surface area contributed by atoms with Gasteiger partial charge >= 0.3 is 0 Å². The van der Waals surface area contributed by atoms with Crippen molar-refractivity contribution in [3.8, 4) is 0 Å². The monoisotopic (exact) mass is 203 g/mol. The summed E-state index contributed by atoms with van der Waals surface area (Å²) in [5.74, 6) is 0.749. The average Bonchev–Trinajstić information content (AvgIpc) is 2.05. The Morgan fingerprint density at radius 3 is 2.31 bits per heavy atom. The minimum Gasteiger partial charge on any atom is -0.355 e. The molecule has 0 fully saturated rings. The van der Waals surface area contributed by atoms with Gasteiger partial charge in [-0.2, -0.15) is 0 Å². The maximum Gasteiger partial charge on any atom is 0.166 e. The van der Waals surface area contributed by atoms with Crippen LogP contribution >= 0.6 is 11.6 Å². The number of aliphatic imine (C=N–C) groups is 2. The van der Waals surface area contributed by atoms with Crippen molar-refractivity contribution in [2.45, 2.75) is 26.8 Å². The molecule has 0 aliphatic carbocycles. The van der Waals surface area contributed by atoms with Gasteiger partial charge in [0.05, 0.1) is 0 Å². The van der Waals surface area contributed by atoms with E-state index in [4.69, 9.17) is 11.6 Å². The van der Waals surface area contributed by atoms with Crippen LogP contribution < -0.4 is 0 Å². The van der Waals surface area contributed by atoms with Crippen LogP contribution in [0.15, 0.2) is 9.98 Å². The normalized spacial score (nSPS) is 13.8. The van der Waals surface area contributed by atoms with Gasteiger partial charge in [0, 0.05) is 26.7 Å². The molecule has 0 aliphatic heterocycles. The topological polar surface area (TPSA) is 28.0 Å². The molecule has 0 unspecified atom stereocenters. The Balaban J connectivity index is 4.63. The summed E-state index contributed by atoms with van der Waals surface area (Å²) in [5.41, 5.74) is 0. The van der Waals surface area contributed by atoms with Crippen LogP contribution in [-0.2, 0) is 0 Å². The SMILES string of the molecule is CCN=C(Cl)C(=NC)N(C)C(C)C. The van der Waals surface area contributed by atoms with E-state index in [1.807, 2.05) is 18.9 Å². The molecular weight excluding hydrogens is 186 g/mol. The zero-order valence-corrected chi connectivity index (χ0v) is 9.76. The Hall–Kier alpha value is -0.570. The molecule has 3 nitrogen and oxygen atoms in total. The molecule has 0 rings (SSSR count). The van der Waals surface area contributed by atoms with Gasteiger partial charge in [-0.25, -0.2) is 0 Å². The molecule has 0 N–H and O–H groups in total. The van der Waals surface area contributed by atoms with Crippen molar-refractivity contribution >= 4 is 22.6 Å². The number of halogens is 1. The molecule has 0 aromatic heterocycles. The van der Waals surface area contributed by atoms with Gasteiger partial charge < -0.3 is 4.90 Å². The van der Waals surface area contributed by atoms with Crippen molar-refractivity contribution in [2.75, 3.05) is 20.6 Å². The first-order valence-corrected chi connectivity index (χ1v) is 4.82. The van der Waals surface area contributed by atoms with Crippen LogP contribution in [0.25, 0.3) is 0 Å². The highest BCUT2D eigenvalue weighted by Gasteiger charge is 2.13. The minimum absolute atomic E-state index is 0.375. The van der Waals surface area contributed by atoms with Crippen molar-refractivity contribution in [3.63, 3.8) is 0 Å². The number of rotatable bonds is 3. The Labute approximate surface area is 85.5 Å². The van der Waals surface area contributed by atoms with E-state index in [1.54, 1.807) is 7.05 Å². The summed E-state index contributed by atoms with van der Waals surface area (Å²) in [6, 6.07) is 0.375. The van der Waals surface area contributed by atoms with Crippen LogP contribution in [0.1, 0.15) is 20.8 Å². The summed E-state index contributed by atoms with van der Waals surface area (Å²) in [7, 11) is 3.68. The summed E-state index contributed by atoms with van der Waals surface area (Å²) in [5, 5.41) is 0.487. The third-order valence-electron chi connectivity index (χ3n) is 1.80. The maximum absolute atomic E-state index is 5.96. The molecule has 0 saturated carbocycles.